The van der Waals surface area contributed by atoms with E-state index in [2.05, 4.69) is 40.7 Å². The molecular weight excluding hydrogens is 477 g/mol. The molecule has 1 amide bonds. The zero-order chi connectivity index (χ0) is 20.8. The highest BCUT2D eigenvalue weighted by atomic mass is 127. The molecule has 166 valence electrons. The first-order valence-corrected chi connectivity index (χ1v) is 10.3. The third kappa shape index (κ3) is 12.7. The molecule has 0 fully saturated rings. The summed E-state index contributed by atoms with van der Waals surface area (Å²) in [5, 5.41) is 6.73. The van der Waals surface area contributed by atoms with E-state index in [9.17, 15) is 4.79 Å². The topological polar surface area (TPSA) is 60.0 Å². The number of benzene rings is 1. The van der Waals surface area contributed by atoms with E-state index in [1.54, 1.807) is 26.0 Å². The molecule has 2 N–H and O–H groups in total. The molecule has 0 saturated carbocycles. The third-order valence-corrected chi connectivity index (χ3v) is 4.58. The molecule has 0 saturated heterocycles. The Morgan fingerprint density at radius 1 is 0.966 bits per heavy atom. The van der Waals surface area contributed by atoms with Crippen molar-refractivity contribution in [3.05, 3.63) is 35.4 Å². The summed E-state index contributed by atoms with van der Waals surface area (Å²) < 4.78 is 0. The van der Waals surface area contributed by atoms with Crippen LogP contribution in [0.4, 0.5) is 0 Å². The van der Waals surface area contributed by atoms with Crippen molar-refractivity contribution in [1.82, 2.24) is 20.4 Å². The van der Waals surface area contributed by atoms with Crippen molar-refractivity contribution in [1.29, 1.82) is 0 Å². The van der Waals surface area contributed by atoms with Crippen LogP contribution in [0.2, 0.25) is 0 Å². The number of hydrogen-bond acceptors (Lipinski definition) is 3. The van der Waals surface area contributed by atoms with Crippen molar-refractivity contribution in [2.24, 2.45) is 4.99 Å². The summed E-state index contributed by atoms with van der Waals surface area (Å²) in [5.74, 6) is 0.877. The van der Waals surface area contributed by atoms with Gasteiger partial charge < -0.3 is 20.4 Å². The van der Waals surface area contributed by atoms with Crippen LogP contribution in [0, 0.1) is 0 Å². The highest BCUT2D eigenvalue weighted by Gasteiger charge is 2.08. The van der Waals surface area contributed by atoms with Gasteiger partial charge in [-0.25, -0.2) is 0 Å². The molecule has 0 bridgehead atoms. The molecule has 7 heteroatoms. The fraction of sp³-hybridized carbons (Fsp3) is 0.636. The van der Waals surface area contributed by atoms with Gasteiger partial charge in [-0.05, 0) is 57.6 Å². The molecule has 0 aliphatic rings. The van der Waals surface area contributed by atoms with E-state index < -0.39 is 0 Å². The first-order valence-electron chi connectivity index (χ1n) is 10.3. The van der Waals surface area contributed by atoms with Crippen LogP contribution in [-0.2, 0) is 6.42 Å². The number of hydrogen-bond donors (Lipinski definition) is 2. The average Bonchev–Trinajstić information content (AvgIpc) is 2.67. The molecular formula is C22H40IN5O. The molecule has 1 aromatic rings. The van der Waals surface area contributed by atoms with Crippen LogP contribution in [0.1, 0.15) is 48.0 Å². The Kier molecular flexibility index (Phi) is 15.7. The third-order valence-electron chi connectivity index (χ3n) is 4.58. The molecule has 0 spiro atoms. The van der Waals surface area contributed by atoms with Gasteiger partial charge in [0.1, 0.15) is 0 Å². The van der Waals surface area contributed by atoms with E-state index in [1.165, 1.54) is 32.2 Å². The lowest BCUT2D eigenvalue weighted by molar-refractivity contribution is 0.0827. The Bertz CT molecular complexity index is 605. The molecule has 0 aliphatic heterocycles. The largest absolute Gasteiger partial charge is 0.356 e. The SMILES string of the molecule is CN=C(NCCCCCCCN(C)C)NCCc1cccc(C(=O)N(C)C)c1.I. The summed E-state index contributed by atoms with van der Waals surface area (Å²) in [6.45, 7) is 2.91. The normalized spacial score (nSPS) is 11.2. The molecule has 0 heterocycles. The second-order valence-electron chi connectivity index (χ2n) is 7.65. The maximum atomic E-state index is 12.1. The van der Waals surface area contributed by atoms with E-state index in [4.69, 9.17) is 0 Å². The van der Waals surface area contributed by atoms with Gasteiger partial charge in [-0.2, -0.15) is 0 Å². The molecule has 0 unspecified atom stereocenters. The Morgan fingerprint density at radius 3 is 2.28 bits per heavy atom. The fourth-order valence-corrected chi connectivity index (χ4v) is 2.95. The Labute approximate surface area is 194 Å². The summed E-state index contributed by atoms with van der Waals surface area (Å²) in [6, 6.07) is 7.83. The lowest BCUT2D eigenvalue weighted by Crippen LogP contribution is -2.38. The molecule has 0 radical (unpaired) electrons. The second kappa shape index (κ2) is 16.4. The highest BCUT2D eigenvalue weighted by molar-refractivity contribution is 14.0. The molecule has 6 nitrogen and oxygen atoms in total. The van der Waals surface area contributed by atoms with Crippen LogP contribution in [0.3, 0.4) is 0 Å². The van der Waals surface area contributed by atoms with Crippen molar-refractivity contribution in [3.63, 3.8) is 0 Å². The van der Waals surface area contributed by atoms with Crippen LogP contribution < -0.4 is 10.6 Å². The second-order valence-corrected chi connectivity index (χ2v) is 7.65. The molecule has 0 aromatic heterocycles. The monoisotopic (exact) mass is 517 g/mol. The number of unbranched alkanes of at least 4 members (excludes halogenated alkanes) is 4. The van der Waals surface area contributed by atoms with Gasteiger partial charge in [-0.3, -0.25) is 9.79 Å². The quantitative estimate of drug-likeness (QED) is 0.194. The maximum Gasteiger partial charge on any atom is 0.253 e. The number of nitrogens with zero attached hydrogens (tertiary/aromatic N) is 3. The standard InChI is InChI=1S/C22H39N5O.HI/c1-23-22(24-15-9-7-6-8-10-17-26(2)3)25-16-14-19-12-11-13-20(18-19)21(28)27(4)5;/h11-13,18H,6-10,14-17H2,1-5H3,(H2,23,24,25);1H. The van der Waals surface area contributed by atoms with Crippen LogP contribution in [-0.4, -0.2) is 76.5 Å². The zero-order valence-electron chi connectivity index (χ0n) is 18.8. The highest BCUT2D eigenvalue weighted by Crippen LogP contribution is 2.08. The number of carbonyl (C=O) groups is 1. The maximum absolute atomic E-state index is 12.1. The van der Waals surface area contributed by atoms with Crippen LogP contribution >= 0.6 is 24.0 Å². The number of aliphatic imine (C=N–C) groups is 1. The van der Waals surface area contributed by atoms with Crippen molar-refractivity contribution in [2.45, 2.75) is 38.5 Å². The average molecular weight is 518 g/mol. The number of guanidine groups is 1. The van der Waals surface area contributed by atoms with Crippen molar-refractivity contribution in [3.8, 4) is 0 Å². The van der Waals surface area contributed by atoms with Crippen molar-refractivity contribution < 1.29 is 4.79 Å². The van der Waals surface area contributed by atoms with Crippen LogP contribution in [0.5, 0.6) is 0 Å². The lowest BCUT2D eigenvalue weighted by Gasteiger charge is -2.13. The minimum absolute atomic E-state index is 0. The number of nitrogens with one attached hydrogen (secondary N) is 2. The molecule has 1 aromatic carbocycles. The fourth-order valence-electron chi connectivity index (χ4n) is 2.95. The summed E-state index contributed by atoms with van der Waals surface area (Å²) >= 11 is 0. The molecule has 0 aliphatic carbocycles. The van der Waals surface area contributed by atoms with Crippen LogP contribution in [0.15, 0.2) is 29.3 Å². The summed E-state index contributed by atoms with van der Waals surface area (Å²) in [7, 11) is 9.60. The molecule has 1 rings (SSSR count). The van der Waals surface area contributed by atoms with E-state index in [0.29, 0.717) is 0 Å². The Morgan fingerprint density at radius 2 is 1.62 bits per heavy atom. The minimum Gasteiger partial charge on any atom is -0.356 e. The van der Waals surface area contributed by atoms with Gasteiger partial charge in [0.2, 0.25) is 0 Å². The summed E-state index contributed by atoms with van der Waals surface area (Å²) in [4.78, 5) is 20.2. The Balaban J connectivity index is 0.00000784. The van der Waals surface area contributed by atoms with Gasteiger partial charge >= 0.3 is 0 Å². The number of halogens is 1. The number of carbonyl (C=O) groups excluding carboxylic acids is 1. The summed E-state index contributed by atoms with van der Waals surface area (Å²) in [6.07, 6.45) is 7.15. The van der Waals surface area contributed by atoms with Crippen molar-refractivity contribution >= 4 is 35.8 Å². The predicted molar refractivity (Wildman–Crippen MR) is 135 cm³/mol. The van der Waals surface area contributed by atoms with E-state index in [-0.39, 0.29) is 29.9 Å². The molecule has 29 heavy (non-hydrogen) atoms. The zero-order valence-corrected chi connectivity index (χ0v) is 21.2. The molecule has 0 atom stereocenters. The first kappa shape index (κ1) is 27.6. The number of rotatable bonds is 12. The lowest BCUT2D eigenvalue weighted by atomic mass is 10.1. The smallest absolute Gasteiger partial charge is 0.253 e. The minimum atomic E-state index is 0. The Hall–Kier alpha value is -1.35. The number of amides is 1. The van der Waals surface area contributed by atoms with Gasteiger partial charge in [-0.15, -0.1) is 24.0 Å². The van der Waals surface area contributed by atoms with E-state index in [0.717, 1.165) is 43.0 Å². The van der Waals surface area contributed by atoms with E-state index in [1.807, 2.05) is 18.2 Å². The van der Waals surface area contributed by atoms with Crippen molar-refractivity contribution in [2.75, 3.05) is 54.9 Å². The van der Waals surface area contributed by atoms with Gasteiger partial charge in [0.25, 0.3) is 5.91 Å². The van der Waals surface area contributed by atoms with Gasteiger partial charge in [0, 0.05) is 39.8 Å². The van der Waals surface area contributed by atoms with Crippen LogP contribution in [0.25, 0.3) is 0 Å². The van der Waals surface area contributed by atoms with Gasteiger partial charge in [-0.1, -0.05) is 31.4 Å². The first-order chi connectivity index (χ1) is 13.4. The van der Waals surface area contributed by atoms with Gasteiger partial charge in [0.05, 0.1) is 0 Å². The van der Waals surface area contributed by atoms with Gasteiger partial charge in [0.15, 0.2) is 5.96 Å². The van der Waals surface area contributed by atoms with E-state index >= 15 is 0 Å². The summed E-state index contributed by atoms with van der Waals surface area (Å²) in [5.41, 5.74) is 1.88. The predicted octanol–water partition coefficient (Wildman–Crippen LogP) is 3.23.